The van der Waals surface area contributed by atoms with E-state index >= 15 is 0 Å². The molecule has 0 aliphatic carbocycles. The number of benzene rings is 1. The second kappa shape index (κ2) is 9.14. The molecule has 0 spiro atoms. The predicted octanol–water partition coefficient (Wildman–Crippen LogP) is 2.52. The van der Waals surface area contributed by atoms with Crippen molar-refractivity contribution in [2.45, 2.75) is 46.1 Å². The molecule has 0 unspecified atom stereocenters. The van der Waals surface area contributed by atoms with Gasteiger partial charge >= 0.3 is 0 Å². The molecular formula is C19H28ClN5O. The smallest absolute Gasteiger partial charge is 0.273 e. The Hall–Kier alpha value is -1.92. The predicted molar refractivity (Wildman–Crippen MR) is 105 cm³/mol. The number of carbonyl (C=O) groups is 1. The second-order valence-corrected chi connectivity index (χ2v) is 6.95. The maximum absolute atomic E-state index is 12.4. The lowest BCUT2D eigenvalue weighted by Crippen LogP contribution is -2.30. The third-order valence-electron chi connectivity index (χ3n) is 4.78. The van der Waals surface area contributed by atoms with Crippen molar-refractivity contribution < 1.29 is 4.79 Å². The molecule has 1 aliphatic rings. The quantitative estimate of drug-likeness (QED) is 0.839. The van der Waals surface area contributed by atoms with E-state index in [-0.39, 0.29) is 18.3 Å². The third kappa shape index (κ3) is 4.83. The van der Waals surface area contributed by atoms with Crippen molar-refractivity contribution in [3.63, 3.8) is 0 Å². The van der Waals surface area contributed by atoms with Gasteiger partial charge in [-0.25, -0.2) is 4.68 Å². The summed E-state index contributed by atoms with van der Waals surface area (Å²) < 4.78 is 1.92. The van der Waals surface area contributed by atoms with Crippen LogP contribution >= 0.6 is 12.4 Å². The summed E-state index contributed by atoms with van der Waals surface area (Å²) in [6.07, 6.45) is 2.87. The van der Waals surface area contributed by atoms with E-state index in [1.54, 1.807) is 0 Å². The van der Waals surface area contributed by atoms with Gasteiger partial charge in [-0.05, 0) is 58.7 Å². The van der Waals surface area contributed by atoms with Crippen molar-refractivity contribution in [3.05, 3.63) is 46.3 Å². The highest BCUT2D eigenvalue weighted by Crippen LogP contribution is 2.20. The summed E-state index contributed by atoms with van der Waals surface area (Å²) in [7, 11) is 0. The van der Waals surface area contributed by atoms with E-state index in [9.17, 15) is 4.79 Å². The standard InChI is InChI=1S/C19H27N5O.ClH/c1-13-10-14(2)12-16(11-13)4-9-21-19(25)18-15(3)24(23-22-18)17-5-7-20-8-6-17;/h10-12,17,20H,4-9H2,1-3H3,(H,21,25);1H. The van der Waals surface area contributed by atoms with Crippen LogP contribution < -0.4 is 10.6 Å². The zero-order chi connectivity index (χ0) is 17.8. The van der Waals surface area contributed by atoms with Crippen LogP contribution in [0, 0.1) is 20.8 Å². The molecule has 2 N–H and O–H groups in total. The van der Waals surface area contributed by atoms with Crippen LogP contribution in [0.25, 0.3) is 0 Å². The minimum Gasteiger partial charge on any atom is -0.350 e. The van der Waals surface area contributed by atoms with E-state index in [0.29, 0.717) is 18.3 Å². The minimum atomic E-state index is -0.137. The first-order valence-corrected chi connectivity index (χ1v) is 9.02. The van der Waals surface area contributed by atoms with Gasteiger partial charge in [-0.2, -0.15) is 0 Å². The fourth-order valence-electron chi connectivity index (χ4n) is 3.57. The molecular weight excluding hydrogens is 350 g/mol. The molecule has 1 aliphatic heterocycles. The first kappa shape index (κ1) is 20.4. The Morgan fingerprint density at radius 3 is 2.50 bits per heavy atom. The number of amides is 1. The molecule has 2 aromatic rings. The van der Waals surface area contributed by atoms with Crippen LogP contribution in [0.4, 0.5) is 0 Å². The Kier molecular flexibility index (Phi) is 7.17. The highest BCUT2D eigenvalue weighted by Gasteiger charge is 2.22. The van der Waals surface area contributed by atoms with Gasteiger partial charge in [0, 0.05) is 6.54 Å². The van der Waals surface area contributed by atoms with Crippen molar-refractivity contribution in [3.8, 4) is 0 Å². The molecule has 142 valence electrons. The highest BCUT2D eigenvalue weighted by molar-refractivity contribution is 5.93. The zero-order valence-corrected chi connectivity index (χ0v) is 16.5. The van der Waals surface area contributed by atoms with Crippen molar-refractivity contribution in [1.29, 1.82) is 0 Å². The SMILES string of the molecule is Cc1cc(C)cc(CCNC(=O)c2nnn(C3CCNCC3)c2C)c1.Cl. The number of hydrogen-bond acceptors (Lipinski definition) is 4. The van der Waals surface area contributed by atoms with E-state index in [1.807, 2.05) is 11.6 Å². The van der Waals surface area contributed by atoms with Crippen LogP contribution in [0.2, 0.25) is 0 Å². The topological polar surface area (TPSA) is 71.8 Å². The molecule has 2 heterocycles. The normalized spacial score (nSPS) is 14.7. The summed E-state index contributed by atoms with van der Waals surface area (Å²) in [5.74, 6) is -0.137. The summed E-state index contributed by atoms with van der Waals surface area (Å²) >= 11 is 0. The Bertz CT molecular complexity index is 732. The van der Waals surface area contributed by atoms with E-state index in [4.69, 9.17) is 0 Å². The monoisotopic (exact) mass is 377 g/mol. The third-order valence-corrected chi connectivity index (χ3v) is 4.78. The Labute approximate surface area is 161 Å². The minimum absolute atomic E-state index is 0. The van der Waals surface area contributed by atoms with Gasteiger partial charge in [-0.15, -0.1) is 17.5 Å². The lowest BCUT2D eigenvalue weighted by molar-refractivity contribution is 0.0948. The van der Waals surface area contributed by atoms with Crippen LogP contribution in [-0.2, 0) is 6.42 Å². The van der Waals surface area contributed by atoms with Crippen LogP contribution in [0.15, 0.2) is 18.2 Å². The molecule has 7 heteroatoms. The van der Waals surface area contributed by atoms with Gasteiger partial charge in [-0.3, -0.25) is 4.79 Å². The molecule has 0 bridgehead atoms. The number of rotatable bonds is 5. The van der Waals surface area contributed by atoms with Crippen LogP contribution in [-0.4, -0.2) is 40.5 Å². The van der Waals surface area contributed by atoms with Crippen LogP contribution in [0.3, 0.4) is 0 Å². The molecule has 0 atom stereocenters. The maximum atomic E-state index is 12.4. The van der Waals surface area contributed by atoms with Crippen LogP contribution in [0.1, 0.15) is 51.8 Å². The van der Waals surface area contributed by atoms with Gasteiger partial charge in [0.2, 0.25) is 0 Å². The van der Waals surface area contributed by atoms with Crippen molar-refractivity contribution >= 4 is 18.3 Å². The van der Waals surface area contributed by atoms with E-state index in [0.717, 1.165) is 38.0 Å². The highest BCUT2D eigenvalue weighted by atomic mass is 35.5. The summed E-state index contributed by atoms with van der Waals surface area (Å²) in [6.45, 7) is 8.69. The summed E-state index contributed by atoms with van der Waals surface area (Å²) in [4.78, 5) is 12.4. The van der Waals surface area contributed by atoms with Crippen LogP contribution in [0.5, 0.6) is 0 Å². The maximum Gasteiger partial charge on any atom is 0.273 e. The van der Waals surface area contributed by atoms with E-state index in [1.165, 1.54) is 16.7 Å². The average Bonchev–Trinajstić information content (AvgIpc) is 2.96. The largest absolute Gasteiger partial charge is 0.350 e. The number of halogens is 1. The van der Waals surface area contributed by atoms with Gasteiger partial charge in [0.15, 0.2) is 5.69 Å². The fraction of sp³-hybridized carbons (Fsp3) is 0.526. The number of piperidine rings is 1. The van der Waals surface area contributed by atoms with Crippen molar-refractivity contribution in [2.75, 3.05) is 19.6 Å². The summed E-state index contributed by atoms with van der Waals surface area (Å²) in [5, 5.41) is 14.7. The number of carbonyl (C=O) groups excluding carboxylic acids is 1. The summed E-state index contributed by atoms with van der Waals surface area (Å²) in [6, 6.07) is 6.82. The molecule has 1 amide bonds. The lowest BCUT2D eigenvalue weighted by Gasteiger charge is -2.23. The molecule has 1 aromatic heterocycles. The Morgan fingerprint density at radius 1 is 1.19 bits per heavy atom. The molecule has 1 saturated heterocycles. The Balaban J connectivity index is 0.00000243. The molecule has 0 saturated carbocycles. The summed E-state index contributed by atoms with van der Waals surface area (Å²) in [5.41, 5.74) is 5.05. The second-order valence-electron chi connectivity index (χ2n) is 6.95. The van der Waals surface area contributed by atoms with Crippen molar-refractivity contribution in [2.24, 2.45) is 0 Å². The van der Waals surface area contributed by atoms with Crippen molar-refractivity contribution in [1.82, 2.24) is 25.6 Å². The van der Waals surface area contributed by atoms with Gasteiger partial charge in [0.25, 0.3) is 5.91 Å². The number of nitrogens with zero attached hydrogens (tertiary/aromatic N) is 3. The molecule has 26 heavy (non-hydrogen) atoms. The number of hydrogen-bond donors (Lipinski definition) is 2. The molecule has 0 radical (unpaired) electrons. The number of aryl methyl sites for hydroxylation is 2. The molecule has 3 rings (SSSR count). The fourth-order valence-corrected chi connectivity index (χ4v) is 3.57. The number of aromatic nitrogens is 3. The number of nitrogens with one attached hydrogen (secondary N) is 2. The van der Waals surface area contributed by atoms with Gasteiger partial charge in [0.05, 0.1) is 11.7 Å². The van der Waals surface area contributed by atoms with Gasteiger partial charge in [0.1, 0.15) is 0 Å². The lowest BCUT2D eigenvalue weighted by atomic mass is 10.1. The molecule has 1 fully saturated rings. The molecule has 6 nitrogen and oxygen atoms in total. The van der Waals surface area contributed by atoms with Gasteiger partial charge < -0.3 is 10.6 Å². The molecule has 1 aromatic carbocycles. The average molecular weight is 378 g/mol. The van der Waals surface area contributed by atoms with Gasteiger partial charge in [-0.1, -0.05) is 34.5 Å². The Morgan fingerprint density at radius 2 is 1.85 bits per heavy atom. The van der Waals surface area contributed by atoms with E-state index in [2.05, 4.69) is 53.0 Å². The first-order valence-electron chi connectivity index (χ1n) is 9.02. The van der Waals surface area contributed by atoms with E-state index < -0.39 is 0 Å². The zero-order valence-electron chi connectivity index (χ0n) is 15.7. The first-order chi connectivity index (χ1) is 12.0.